The molecule has 1 fully saturated rings. The van der Waals surface area contributed by atoms with Crippen LogP contribution in [0, 0.1) is 5.92 Å². The third-order valence-corrected chi connectivity index (χ3v) is 5.90. The fourth-order valence-corrected chi connectivity index (χ4v) is 4.58. The summed E-state index contributed by atoms with van der Waals surface area (Å²) in [6.45, 7) is 2.31. The van der Waals surface area contributed by atoms with E-state index in [4.69, 9.17) is 10.5 Å². The van der Waals surface area contributed by atoms with Gasteiger partial charge in [0.1, 0.15) is 9.88 Å². The maximum Gasteiger partial charge on any atom is 0.350 e. The Balaban J connectivity index is 2.16. The predicted octanol–water partition coefficient (Wildman–Crippen LogP) is 3.83. The zero-order valence-corrected chi connectivity index (χ0v) is 13.8. The molecule has 1 saturated carbocycles. The van der Waals surface area contributed by atoms with Gasteiger partial charge in [0.2, 0.25) is 0 Å². The van der Waals surface area contributed by atoms with Crippen molar-refractivity contribution in [3.63, 3.8) is 0 Å². The zero-order chi connectivity index (χ0) is 14.7. The molecule has 0 amide bonds. The highest BCUT2D eigenvalue weighted by atomic mass is 32.2. The fraction of sp³-hybridized carbons (Fsp3) is 0.643. The standard InChI is InChI=1S/C14H22N2O2S2/c1-8-4-6-9(7-5-8)16-13-11(19-3)10(15)12(20-13)14(17)18-2/h8-9,16H,4-7,15H2,1-3H3. The monoisotopic (exact) mass is 314 g/mol. The molecule has 0 bridgehead atoms. The lowest BCUT2D eigenvalue weighted by atomic mass is 9.87. The number of nitrogen functional groups attached to an aromatic ring is 1. The summed E-state index contributed by atoms with van der Waals surface area (Å²) < 4.78 is 4.79. The second-order valence-corrected chi connectivity index (χ2v) is 7.14. The molecular formula is C14H22N2O2S2. The second-order valence-electron chi connectivity index (χ2n) is 5.30. The molecule has 1 aromatic heterocycles. The molecule has 0 saturated heterocycles. The van der Waals surface area contributed by atoms with Gasteiger partial charge in [-0.15, -0.1) is 23.1 Å². The average Bonchev–Trinajstić information content (AvgIpc) is 2.76. The number of nitrogens with two attached hydrogens (primary N) is 1. The Labute approximate surface area is 128 Å². The third kappa shape index (κ3) is 3.23. The van der Waals surface area contributed by atoms with Crippen molar-refractivity contribution >= 4 is 39.8 Å². The van der Waals surface area contributed by atoms with Crippen LogP contribution in [0.15, 0.2) is 4.90 Å². The van der Waals surface area contributed by atoms with Crippen molar-refractivity contribution in [3.8, 4) is 0 Å². The van der Waals surface area contributed by atoms with Crippen LogP contribution in [0.5, 0.6) is 0 Å². The van der Waals surface area contributed by atoms with Gasteiger partial charge in [-0.3, -0.25) is 0 Å². The van der Waals surface area contributed by atoms with E-state index in [9.17, 15) is 4.79 Å². The van der Waals surface area contributed by atoms with Crippen LogP contribution in [0.3, 0.4) is 0 Å². The van der Waals surface area contributed by atoms with Crippen LogP contribution < -0.4 is 11.1 Å². The summed E-state index contributed by atoms with van der Waals surface area (Å²) in [5.74, 6) is 0.472. The van der Waals surface area contributed by atoms with E-state index >= 15 is 0 Å². The number of ether oxygens (including phenoxy) is 1. The molecule has 4 nitrogen and oxygen atoms in total. The molecule has 2 rings (SSSR count). The van der Waals surface area contributed by atoms with Crippen LogP contribution in [0.4, 0.5) is 10.7 Å². The summed E-state index contributed by atoms with van der Waals surface area (Å²) >= 11 is 2.98. The van der Waals surface area contributed by atoms with Gasteiger partial charge in [-0.05, 0) is 37.9 Å². The Bertz CT molecular complexity index is 480. The Morgan fingerprint density at radius 1 is 1.40 bits per heavy atom. The van der Waals surface area contributed by atoms with Crippen LogP contribution in [-0.4, -0.2) is 25.4 Å². The van der Waals surface area contributed by atoms with Crippen molar-refractivity contribution in [3.05, 3.63) is 4.88 Å². The average molecular weight is 314 g/mol. The van der Waals surface area contributed by atoms with Crippen molar-refractivity contribution < 1.29 is 9.53 Å². The number of hydrogen-bond donors (Lipinski definition) is 2. The van der Waals surface area contributed by atoms with E-state index in [1.54, 1.807) is 11.8 Å². The predicted molar refractivity (Wildman–Crippen MR) is 86.9 cm³/mol. The van der Waals surface area contributed by atoms with Gasteiger partial charge in [0, 0.05) is 6.04 Å². The van der Waals surface area contributed by atoms with Crippen LogP contribution in [0.25, 0.3) is 0 Å². The van der Waals surface area contributed by atoms with Gasteiger partial charge < -0.3 is 15.8 Å². The maximum absolute atomic E-state index is 11.7. The lowest BCUT2D eigenvalue weighted by molar-refractivity contribution is 0.0607. The van der Waals surface area contributed by atoms with Crippen molar-refractivity contribution in [1.82, 2.24) is 0 Å². The highest BCUT2D eigenvalue weighted by molar-refractivity contribution is 7.99. The van der Waals surface area contributed by atoms with Crippen molar-refractivity contribution in [1.29, 1.82) is 0 Å². The Morgan fingerprint density at radius 2 is 2.05 bits per heavy atom. The van der Waals surface area contributed by atoms with E-state index in [2.05, 4.69) is 12.2 Å². The Morgan fingerprint density at radius 3 is 2.60 bits per heavy atom. The first-order valence-electron chi connectivity index (χ1n) is 6.87. The molecule has 0 aliphatic heterocycles. The topological polar surface area (TPSA) is 64.3 Å². The van der Waals surface area contributed by atoms with Crippen LogP contribution in [0.1, 0.15) is 42.3 Å². The van der Waals surface area contributed by atoms with E-state index in [0.29, 0.717) is 16.6 Å². The number of thiophene rings is 1. The Hall–Kier alpha value is -0.880. The van der Waals surface area contributed by atoms with Gasteiger partial charge in [0.15, 0.2) is 0 Å². The molecule has 3 N–H and O–H groups in total. The summed E-state index contributed by atoms with van der Waals surface area (Å²) in [6.07, 6.45) is 6.86. The summed E-state index contributed by atoms with van der Waals surface area (Å²) in [6, 6.07) is 0.487. The number of hydrogen-bond acceptors (Lipinski definition) is 6. The minimum Gasteiger partial charge on any atom is -0.465 e. The van der Waals surface area contributed by atoms with Gasteiger partial charge in [-0.25, -0.2) is 4.79 Å². The van der Waals surface area contributed by atoms with E-state index in [1.165, 1.54) is 44.1 Å². The molecule has 6 heteroatoms. The van der Waals surface area contributed by atoms with E-state index in [0.717, 1.165) is 15.8 Å². The smallest absolute Gasteiger partial charge is 0.350 e. The number of esters is 1. The first-order valence-corrected chi connectivity index (χ1v) is 8.92. The SMILES string of the molecule is COC(=O)c1sc(NC2CCC(C)CC2)c(SC)c1N. The van der Waals surface area contributed by atoms with Crippen molar-refractivity contribution in [2.45, 2.75) is 43.5 Å². The number of methoxy groups -OCH3 is 1. The van der Waals surface area contributed by atoms with Gasteiger partial charge in [0.25, 0.3) is 0 Å². The summed E-state index contributed by atoms with van der Waals surface area (Å²) in [7, 11) is 1.38. The van der Waals surface area contributed by atoms with Crippen molar-refractivity contribution in [2.75, 3.05) is 24.4 Å². The van der Waals surface area contributed by atoms with E-state index in [-0.39, 0.29) is 5.97 Å². The number of carbonyl (C=O) groups excluding carboxylic acids is 1. The summed E-state index contributed by atoms with van der Waals surface area (Å²) in [4.78, 5) is 13.2. The largest absolute Gasteiger partial charge is 0.465 e. The van der Waals surface area contributed by atoms with Gasteiger partial charge in [0.05, 0.1) is 17.7 Å². The molecule has 1 heterocycles. The number of anilines is 2. The van der Waals surface area contributed by atoms with Crippen LogP contribution >= 0.6 is 23.1 Å². The summed E-state index contributed by atoms with van der Waals surface area (Å²) in [5, 5.41) is 4.58. The fourth-order valence-electron chi connectivity index (χ4n) is 2.56. The molecule has 112 valence electrons. The summed E-state index contributed by atoms with van der Waals surface area (Å²) in [5.41, 5.74) is 6.61. The first kappa shape index (κ1) is 15.5. The van der Waals surface area contributed by atoms with Crippen molar-refractivity contribution in [2.24, 2.45) is 5.92 Å². The molecule has 20 heavy (non-hydrogen) atoms. The molecular weight excluding hydrogens is 292 g/mol. The van der Waals surface area contributed by atoms with Gasteiger partial charge >= 0.3 is 5.97 Å². The Kier molecular flexibility index (Phi) is 5.21. The zero-order valence-electron chi connectivity index (χ0n) is 12.2. The molecule has 0 atom stereocenters. The van der Waals surface area contributed by atoms with E-state index in [1.807, 2.05) is 6.26 Å². The lowest BCUT2D eigenvalue weighted by Crippen LogP contribution is -2.24. The second kappa shape index (κ2) is 6.72. The minimum atomic E-state index is -0.354. The molecule has 0 radical (unpaired) electrons. The third-order valence-electron chi connectivity index (χ3n) is 3.83. The molecule has 1 aliphatic rings. The molecule has 0 spiro atoms. The first-order chi connectivity index (χ1) is 9.56. The lowest BCUT2D eigenvalue weighted by Gasteiger charge is -2.27. The van der Waals surface area contributed by atoms with Crippen LogP contribution in [-0.2, 0) is 4.74 Å². The molecule has 0 unspecified atom stereocenters. The molecule has 1 aromatic rings. The molecule has 1 aliphatic carbocycles. The van der Waals surface area contributed by atoms with Gasteiger partial charge in [-0.1, -0.05) is 6.92 Å². The highest BCUT2D eigenvalue weighted by Crippen LogP contribution is 2.43. The molecule has 0 aromatic carbocycles. The maximum atomic E-state index is 11.7. The number of nitrogens with one attached hydrogen (secondary N) is 1. The van der Waals surface area contributed by atoms with Gasteiger partial charge in [-0.2, -0.15) is 0 Å². The number of rotatable bonds is 4. The minimum absolute atomic E-state index is 0.354. The highest BCUT2D eigenvalue weighted by Gasteiger charge is 2.24. The number of carbonyl (C=O) groups is 1. The quantitative estimate of drug-likeness (QED) is 0.653. The van der Waals surface area contributed by atoms with Crippen LogP contribution in [0.2, 0.25) is 0 Å². The normalized spacial score (nSPS) is 22.6. The van der Waals surface area contributed by atoms with E-state index < -0.39 is 0 Å². The number of thioether (sulfide) groups is 1.